The highest BCUT2D eigenvalue weighted by molar-refractivity contribution is 9.10. The highest BCUT2D eigenvalue weighted by atomic mass is 79.9. The first kappa shape index (κ1) is 24.5. The third kappa shape index (κ3) is 6.95. The lowest BCUT2D eigenvalue weighted by Gasteiger charge is -2.11. The normalized spacial score (nSPS) is 10.9. The zero-order valence-corrected chi connectivity index (χ0v) is 21.5. The molecule has 0 bridgehead atoms. The Balaban J connectivity index is 1.39. The summed E-state index contributed by atoms with van der Waals surface area (Å²) in [6, 6.07) is 24.9. The van der Waals surface area contributed by atoms with Crippen LogP contribution in [0.15, 0.2) is 88.5 Å². The Labute approximate surface area is 216 Å². The van der Waals surface area contributed by atoms with E-state index in [1.807, 2.05) is 54.6 Å². The lowest BCUT2D eigenvalue weighted by atomic mass is 10.1. The molecule has 3 aromatic carbocycles. The van der Waals surface area contributed by atoms with Gasteiger partial charge in [0.05, 0.1) is 6.54 Å². The third-order valence-electron chi connectivity index (χ3n) is 5.10. The number of thioether (sulfide) groups is 1. The van der Waals surface area contributed by atoms with Crippen molar-refractivity contribution in [3.63, 3.8) is 0 Å². The van der Waals surface area contributed by atoms with Crippen molar-refractivity contribution >= 4 is 45.1 Å². The van der Waals surface area contributed by atoms with Crippen LogP contribution in [0, 0.1) is 0 Å². The van der Waals surface area contributed by atoms with E-state index >= 15 is 0 Å². The number of carbonyl (C=O) groups excluding carboxylic acids is 1. The monoisotopic (exact) mass is 555 g/mol. The fourth-order valence-electron chi connectivity index (χ4n) is 3.31. The first-order valence-corrected chi connectivity index (χ1v) is 13.0. The van der Waals surface area contributed by atoms with Crippen molar-refractivity contribution in [3.8, 4) is 5.75 Å². The van der Waals surface area contributed by atoms with Crippen LogP contribution >= 0.6 is 39.3 Å². The highest BCUT2D eigenvalue weighted by Gasteiger charge is 2.14. The Kier molecular flexibility index (Phi) is 8.79. The minimum absolute atomic E-state index is 0.149. The fourth-order valence-corrected chi connectivity index (χ4v) is 4.60. The smallest absolute Gasteiger partial charge is 0.191 e. The Morgan fingerprint density at radius 2 is 1.71 bits per heavy atom. The molecule has 0 unspecified atom stereocenters. The number of nitrogens with zero attached hydrogens (tertiary/aromatic N) is 3. The summed E-state index contributed by atoms with van der Waals surface area (Å²) in [5, 5.41) is 10.3. The summed E-state index contributed by atoms with van der Waals surface area (Å²) in [5.74, 6) is 2.38. The van der Waals surface area contributed by atoms with Crippen LogP contribution in [0.2, 0.25) is 5.02 Å². The molecule has 0 saturated heterocycles. The van der Waals surface area contributed by atoms with Gasteiger partial charge in [-0.05, 0) is 48.4 Å². The molecule has 0 spiro atoms. The first-order chi connectivity index (χ1) is 16.6. The Hall–Kier alpha value is -2.61. The number of carbonyl (C=O) groups is 1. The van der Waals surface area contributed by atoms with Crippen LogP contribution in [-0.4, -0.2) is 26.3 Å². The molecule has 1 heterocycles. The summed E-state index contributed by atoms with van der Waals surface area (Å²) < 4.78 is 8.96. The highest BCUT2D eigenvalue weighted by Crippen LogP contribution is 2.23. The van der Waals surface area contributed by atoms with Crippen molar-refractivity contribution in [3.05, 3.63) is 105 Å². The maximum Gasteiger partial charge on any atom is 0.191 e. The molecule has 0 N–H and O–H groups in total. The van der Waals surface area contributed by atoms with Gasteiger partial charge in [-0.25, -0.2) is 0 Å². The standard InChI is InChI=1S/C26H23BrClN3O2S/c27-21-10-8-20(9-11-21)24(32)7-4-16-34-26-30-29-25(18-33-23-14-12-22(28)13-15-23)31(26)17-19-5-2-1-3-6-19/h1-3,5-6,8-15H,4,7,16-18H2. The quantitative estimate of drug-likeness (QED) is 0.112. The molecule has 0 radical (unpaired) electrons. The molecule has 0 atom stereocenters. The van der Waals surface area contributed by atoms with Crippen LogP contribution in [0.1, 0.15) is 34.6 Å². The van der Waals surface area contributed by atoms with Crippen LogP contribution in [0.3, 0.4) is 0 Å². The van der Waals surface area contributed by atoms with E-state index in [0.29, 0.717) is 24.6 Å². The molecule has 8 heteroatoms. The number of ketones is 1. The molecule has 0 aliphatic heterocycles. The van der Waals surface area contributed by atoms with Crippen molar-refractivity contribution in [1.82, 2.24) is 14.8 Å². The van der Waals surface area contributed by atoms with Crippen LogP contribution in [0.5, 0.6) is 5.75 Å². The van der Waals surface area contributed by atoms with Crippen LogP contribution in [-0.2, 0) is 13.2 Å². The molecule has 0 aliphatic carbocycles. The van der Waals surface area contributed by atoms with Gasteiger partial charge < -0.3 is 4.74 Å². The topological polar surface area (TPSA) is 57.0 Å². The van der Waals surface area contributed by atoms with Crippen LogP contribution < -0.4 is 4.74 Å². The number of halogens is 2. The molecule has 5 nitrogen and oxygen atoms in total. The second kappa shape index (κ2) is 12.2. The van der Waals surface area contributed by atoms with E-state index in [1.54, 1.807) is 23.9 Å². The zero-order valence-electron chi connectivity index (χ0n) is 18.4. The SMILES string of the molecule is O=C(CCCSc1nnc(COc2ccc(Cl)cc2)n1Cc1ccccc1)c1ccc(Br)cc1. The van der Waals surface area contributed by atoms with Gasteiger partial charge in [-0.3, -0.25) is 9.36 Å². The van der Waals surface area contributed by atoms with Gasteiger partial charge in [0, 0.05) is 27.2 Å². The molecule has 174 valence electrons. The van der Waals surface area contributed by atoms with Gasteiger partial charge in [0.15, 0.2) is 16.8 Å². The maximum absolute atomic E-state index is 12.4. The number of ether oxygens (including phenoxy) is 1. The van der Waals surface area contributed by atoms with E-state index in [2.05, 4.69) is 42.8 Å². The fraction of sp³-hybridized carbons (Fsp3) is 0.192. The average molecular weight is 557 g/mol. The molecule has 1 aromatic heterocycles. The molecule has 34 heavy (non-hydrogen) atoms. The van der Waals surface area contributed by atoms with Gasteiger partial charge >= 0.3 is 0 Å². The molecule has 4 aromatic rings. The Morgan fingerprint density at radius 1 is 0.971 bits per heavy atom. The Bertz CT molecular complexity index is 1220. The van der Waals surface area contributed by atoms with E-state index in [1.165, 1.54) is 0 Å². The van der Waals surface area contributed by atoms with Crippen molar-refractivity contribution in [1.29, 1.82) is 0 Å². The van der Waals surface area contributed by atoms with Crippen LogP contribution in [0.4, 0.5) is 0 Å². The van der Waals surface area contributed by atoms with Gasteiger partial charge in [-0.15, -0.1) is 10.2 Å². The van der Waals surface area contributed by atoms with Gasteiger partial charge in [-0.2, -0.15) is 0 Å². The minimum Gasteiger partial charge on any atom is -0.486 e. The van der Waals surface area contributed by atoms with E-state index < -0.39 is 0 Å². The van der Waals surface area contributed by atoms with Gasteiger partial charge in [0.25, 0.3) is 0 Å². The zero-order chi connectivity index (χ0) is 23.8. The molecule has 0 aliphatic rings. The predicted octanol–water partition coefficient (Wildman–Crippen LogP) is 7.08. The molecule has 4 rings (SSSR count). The van der Waals surface area contributed by atoms with Gasteiger partial charge in [-0.1, -0.05) is 81.8 Å². The summed E-state index contributed by atoms with van der Waals surface area (Å²) in [7, 11) is 0. The second-order valence-electron chi connectivity index (χ2n) is 7.60. The largest absolute Gasteiger partial charge is 0.486 e. The summed E-state index contributed by atoms with van der Waals surface area (Å²) in [6.45, 7) is 0.942. The molecular weight excluding hydrogens is 534 g/mol. The number of benzene rings is 3. The van der Waals surface area contributed by atoms with Crippen molar-refractivity contribution in [2.45, 2.75) is 31.1 Å². The van der Waals surface area contributed by atoms with Gasteiger partial charge in [0.1, 0.15) is 12.4 Å². The van der Waals surface area contributed by atoms with E-state index in [9.17, 15) is 4.79 Å². The van der Waals surface area contributed by atoms with Crippen molar-refractivity contribution in [2.75, 3.05) is 5.75 Å². The molecule has 0 saturated carbocycles. The molecular formula is C26H23BrClN3O2S. The summed E-state index contributed by atoms with van der Waals surface area (Å²) in [4.78, 5) is 12.4. The minimum atomic E-state index is 0.149. The summed E-state index contributed by atoms with van der Waals surface area (Å²) >= 11 is 11.0. The van der Waals surface area contributed by atoms with E-state index in [0.717, 1.165) is 44.5 Å². The number of hydrogen-bond donors (Lipinski definition) is 0. The lowest BCUT2D eigenvalue weighted by molar-refractivity contribution is 0.0982. The summed E-state index contributed by atoms with van der Waals surface area (Å²) in [5.41, 5.74) is 1.89. The van der Waals surface area contributed by atoms with Crippen LogP contribution in [0.25, 0.3) is 0 Å². The second-order valence-corrected chi connectivity index (χ2v) is 10.0. The molecule has 0 amide bonds. The maximum atomic E-state index is 12.4. The molecule has 0 fully saturated rings. The first-order valence-electron chi connectivity index (χ1n) is 10.8. The lowest BCUT2D eigenvalue weighted by Crippen LogP contribution is -2.09. The Morgan fingerprint density at radius 3 is 2.44 bits per heavy atom. The number of Topliss-reactive ketones (excluding diaryl/α,β-unsaturated/α-hetero) is 1. The number of rotatable bonds is 11. The van der Waals surface area contributed by atoms with E-state index in [-0.39, 0.29) is 5.78 Å². The summed E-state index contributed by atoms with van der Waals surface area (Å²) in [6.07, 6.45) is 1.25. The van der Waals surface area contributed by atoms with Crippen molar-refractivity contribution < 1.29 is 9.53 Å². The predicted molar refractivity (Wildman–Crippen MR) is 140 cm³/mol. The number of hydrogen-bond acceptors (Lipinski definition) is 5. The van der Waals surface area contributed by atoms with Gasteiger partial charge in [0.2, 0.25) is 0 Å². The third-order valence-corrected chi connectivity index (χ3v) is 6.94. The van der Waals surface area contributed by atoms with Crippen molar-refractivity contribution in [2.24, 2.45) is 0 Å². The number of aromatic nitrogens is 3. The average Bonchev–Trinajstić information content (AvgIpc) is 3.23. The van der Waals surface area contributed by atoms with E-state index in [4.69, 9.17) is 16.3 Å².